The molecule has 0 atom stereocenters. The van der Waals surface area contributed by atoms with E-state index in [1.54, 1.807) is 0 Å². The van der Waals surface area contributed by atoms with Crippen LogP contribution in [-0.2, 0) is 0 Å². The molecule has 0 fully saturated rings. The Balaban J connectivity index is 1.19. The third kappa shape index (κ3) is 4.73. The summed E-state index contributed by atoms with van der Waals surface area (Å²) in [5.74, 6) is 0. The summed E-state index contributed by atoms with van der Waals surface area (Å²) in [4.78, 5) is 0. The Morgan fingerprint density at radius 2 is 0.925 bits per heavy atom. The lowest BCUT2D eigenvalue weighted by Gasteiger charge is -2.19. The molecule has 0 saturated carbocycles. The molecule has 9 aromatic carbocycles. The van der Waals surface area contributed by atoms with Crippen molar-refractivity contribution < 1.29 is 0 Å². The summed E-state index contributed by atoms with van der Waals surface area (Å²) in [6.07, 6.45) is 0. The van der Waals surface area contributed by atoms with Crippen LogP contribution in [0.2, 0.25) is 0 Å². The summed E-state index contributed by atoms with van der Waals surface area (Å²) >= 11 is 0. The molecule has 3 heteroatoms. The molecule has 1 heterocycles. The molecule has 0 radical (unpaired) electrons. The van der Waals surface area contributed by atoms with Gasteiger partial charge in [0.25, 0.3) is 0 Å². The Bertz CT molecular complexity index is 3160. The summed E-state index contributed by atoms with van der Waals surface area (Å²) < 4.78 is 2.22. The fraction of sp³-hybridized carbons (Fsp3) is 0. The van der Waals surface area contributed by atoms with E-state index in [1.165, 1.54) is 43.8 Å². The fourth-order valence-corrected chi connectivity index (χ4v) is 8.31. The van der Waals surface area contributed by atoms with E-state index in [4.69, 9.17) is 0 Å². The van der Waals surface area contributed by atoms with Gasteiger partial charge in [0.15, 0.2) is 0 Å². The van der Waals surface area contributed by atoms with Crippen LogP contribution < -0.4 is 0 Å². The lowest BCUT2D eigenvalue weighted by atomic mass is 9.85. The average molecular weight is 672 g/mol. The molecular formula is C50H29N3. The van der Waals surface area contributed by atoms with Crippen molar-refractivity contribution in [2.24, 2.45) is 0 Å². The van der Waals surface area contributed by atoms with E-state index in [1.807, 2.05) is 42.5 Å². The van der Waals surface area contributed by atoms with Gasteiger partial charge in [-0.1, -0.05) is 133 Å². The van der Waals surface area contributed by atoms with Gasteiger partial charge in [-0.05, 0) is 103 Å². The van der Waals surface area contributed by atoms with Crippen LogP contribution in [0.1, 0.15) is 11.1 Å². The van der Waals surface area contributed by atoms with Crippen LogP contribution in [0.4, 0.5) is 0 Å². The van der Waals surface area contributed by atoms with Crippen LogP contribution in [-0.4, -0.2) is 4.57 Å². The smallest absolute Gasteiger partial charge is 0.0998 e. The molecule has 1 aromatic heterocycles. The van der Waals surface area contributed by atoms with Crippen molar-refractivity contribution in [2.75, 3.05) is 0 Å². The second-order valence-corrected chi connectivity index (χ2v) is 13.5. The first-order chi connectivity index (χ1) is 26.2. The highest BCUT2D eigenvalue weighted by molar-refractivity contribution is 6.23. The highest BCUT2D eigenvalue weighted by atomic mass is 15.0. The summed E-state index contributed by atoms with van der Waals surface area (Å²) in [6.45, 7) is 0. The summed E-state index contributed by atoms with van der Waals surface area (Å²) in [6, 6.07) is 66.4. The van der Waals surface area contributed by atoms with Crippen LogP contribution in [0.3, 0.4) is 0 Å². The molecule has 3 nitrogen and oxygen atoms in total. The van der Waals surface area contributed by atoms with Crippen molar-refractivity contribution in [2.45, 2.75) is 0 Å². The molecule has 0 unspecified atom stereocenters. The zero-order valence-corrected chi connectivity index (χ0v) is 28.6. The number of hydrogen-bond acceptors (Lipinski definition) is 2. The van der Waals surface area contributed by atoms with E-state index in [0.717, 1.165) is 49.4 Å². The normalized spacial score (nSPS) is 11.4. The Morgan fingerprint density at radius 3 is 1.57 bits per heavy atom. The van der Waals surface area contributed by atoms with Crippen molar-refractivity contribution in [3.63, 3.8) is 0 Å². The largest absolute Gasteiger partial charge is 0.309 e. The maximum Gasteiger partial charge on any atom is 0.0998 e. The third-order valence-corrected chi connectivity index (χ3v) is 10.6. The van der Waals surface area contributed by atoms with Crippen LogP contribution in [0.25, 0.3) is 93.2 Å². The Kier molecular flexibility index (Phi) is 6.93. The quantitative estimate of drug-likeness (QED) is 0.175. The minimum Gasteiger partial charge on any atom is -0.309 e. The molecule has 0 N–H and O–H groups in total. The van der Waals surface area contributed by atoms with Crippen molar-refractivity contribution in [3.05, 3.63) is 187 Å². The lowest BCUT2D eigenvalue weighted by Crippen LogP contribution is -1.95. The predicted octanol–water partition coefficient (Wildman–Crippen LogP) is 13.0. The van der Waals surface area contributed by atoms with Gasteiger partial charge in [0.1, 0.15) is 0 Å². The zero-order valence-electron chi connectivity index (χ0n) is 28.6. The van der Waals surface area contributed by atoms with Gasteiger partial charge >= 0.3 is 0 Å². The van der Waals surface area contributed by atoms with E-state index in [-0.39, 0.29) is 0 Å². The average Bonchev–Trinajstić information content (AvgIpc) is 3.56. The minimum atomic E-state index is 0.606. The fourth-order valence-electron chi connectivity index (χ4n) is 8.31. The van der Waals surface area contributed by atoms with E-state index in [9.17, 15) is 10.5 Å². The molecule has 0 bridgehead atoms. The second kappa shape index (κ2) is 12.1. The minimum absolute atomic E-state index is 0.606. The van der Waals surface area contributed by atoms with Gasteiger partial charge < -0.3 is 4.57 Å². The predicted molar refractivity (Wildman–Crippen MR) is 219 cm³/mol. The molecule has 0 saturated heterocycles. The SMILES string of the molecule is N#Cc1ccc2c(c1)c1c3ccccc3c(C#N)cc1n2-c1ccc(-c2ccc3c(-c4ccccc4)c4ccccc4c(-c4ccccc4)c3c2)cc1. The van der Waals surface area contributed by atoms with E-state index in [0.29, 0.717) is 11.1 Å². The van der Waals surface area contributed by atoms with E-state index < -0.39 is 0 Å². The van der Waals surface area contributed by atoms with Gasteiger partial charge in [-0.3, -0.25) is 0 Å². The molecule has 244 valence electrons. The van der Waals surface area contributed by atoms with Gasteiger partial charge in [0, 0.05) is 21.8 Å². The first kappa shape index (κ1) is 30.4. The number of nitriles is 2. The molecule has 10 aromatic rings. The molecule has 0 aliphatic rings. The van der Waals surface area contributed by atoms with Crippen molar-refractivity contribution in [1.29, 1.82) is 10.5 Å². The van der Waals surface area contributed by atoms with Gasteiger partial charge in [0.05, 0.1) is 34.3 Å². The number of aromatic nitrogens is 1. The Hall–Kier alpha value is -7.46. The van der Waals surface area contributed by atoms with Crippen LogP contribution >= 0.6 is 0 Å². The maximum absolute atomic E-state index is 10.2. The topological polar surface area (TPSA) is 52.5 Å². The first-order valence-electron chi connectivity index (χ1n) is 17.7. The van der Waals surface area contributed by atoms with E-state index in [2.05, 4.69) is 150 Å². The van der Waals surface area contributed by atoms with Gasteiger partial charge in [-0.25, -0.2) is 0 Å². The highest BCUT2D eigenvalue weighted by Gasteiger charge is 2.19. The summed E-state index contributed by atoms with van der Waals surface area (Å²) in [5.41, 5.74) is 11.3. The lowest BCUT2D eigenvalue weighted by molar-refractivity contribution is 1.18. The van der Waals surface area contributed by atoms with Crippen LogP contribution in [0, 0.1) is 22.7 Å². The molecule has 53 heavy (non-hydrogen) atoms. The number of benzene rings is 9. The van der Waals surface area contributed by atoms with Crippen molar-refractivity contribution in [3.8, 4) is 51.2 Å². The zero-order chi connectivity index (χ0) is 35.5. The molecule has 0 aliphatic heterocycles. The summed E-state index contributed by atoms with van der Waals surface area (Å²) in [5, 5.41) is 28.8. The molecule has 0 spiro atoms. The Morgan fingerprint density at radius 1 is 0.358 bits per heavy atom. The third-order valence-electron chi connectivity index (χ3n) is 10.6. The van der Waals surface area contributed by atoms with Crippen LogP contribution in [0.15, 0.2) is 176 Å². The molecule has 0 aliphatic carbocycles. The molecular weight excluding hydrogens is 643 g/mol. The highest BCUT2D eigenvalue weighted by Crippen LogP contribution is 2.45. The van der Waals surface area contributed by atoms with E-state index >= 15 is 0 Å². The first-order valence-corrected chi connectivity index (χ1v) is 17.7. The van der Waals surface area contributed by atoms with Gasteiger partial charge in [0.2, 0.25) is 0 Å². The molecule has 10 rings (SSSR count). The summed E-state index contributed by atoms with van der Waals surface area (Å²) in [7, 11) is 0. The van der Waals surface area contributed by atoms with Gasteiger partial charge in [-0.2, -0.15) is 10.5 Å². The van der Waals surface area contributed by atoms with Crippen LogP contribution in [0.5, 0.6) is 0 Å². The van der Waals surface area contributed by atoms with Gasteiger partial charge in [-0.15, -0.1) is 0 Å². The number of hydrogen-bond donors (Lipinski definition) is 0. The standard InChI is InChI=1S/C50H29N3/c51-30-32-19-26-46-45(27-32)50-40-16-8-7-15-39(40)37(31-52)29-47(50)53(46)38-23-20-33(21-24-38)36-22-25-43-44(28-36)49(35-13-5-2-6-14-35)42-18-10-9-17-41(42)48(43)34-11-3-1-4-12-34/h1-29H. The van der Waals surface area contributed by atoms with Crippen molar-refractivity contribution in [1.82, 2.24) is 4.57 Å². The number of rotatable bonds is 4. The second-order valence-electron chi connectivity index (χ2n) is 13.5. The molecule has 0 amide bonds. The number of fused-ring (bicyclic) bond motifs is 7. The maximum atomic E-state index is 10.2. The Labute approximate surface area is 306 Å². The number of nitrogens with zero attached hydrogens (tertiary/aromatic N) is 3. The monoisotopic (exact) mass is 671 g/mol. The van der Waals surface area contributed by atoms with Crippen molar-refractivity contribution >= 4 is 54.1 Å².